The molecule has 3 atom stereocenters. The van der Waals surface area contributed by atoms with E-state index in [1.807, 2.05) is 26.1 Å². The molecule has 0 saturated carbocycles. The van der Waals surface area contributed by atoms with Crippen LogP contribution in [0.5, 0.6) is 0 Å². The average Bonchev–Trinajstić information content (AvgIpc) is 2.49. The molecule has 118 valence electrons. The summed E-state index contributed by atoms with van der Waals surface area (Å²) in [6, 6.07) is 7.55. The fraction of sp³-hybridized carbons (Fsp3) is 0.625. The van der Waals surface area contributed by atoms with E-state index in [9.17, 15) is 8.42 Å². The molecule has 1 aliphatic heterocycles. The first-order valence-corrected chi connectivity index (χ1v) is 9.09. The van der Waals surface area contributed by atoms with E-state index in [0.717, 1.165) is 18.4 Å². The van der Waals surface area contributed by atoms with E-state index in [0.29, 0.717) is 17.4 Å². The average molecular weight is 310 g/mol. The van der Waals surface area contributed by atoms with Gasteiger partial charge in [-0.3, -0.25) is 0 Å². The third-order valence-electron chi connectivity index (χ3n) is 4.48. The van der Waals surface area contributed by atoms with Crippen LogP contribution in [-0.2, 0) is 10.0 Å². The minimum atomic E-state index is -3.38. The molecule has 0 radical (unpaired) electrons. The second-order valence-electron chi connectivity index (χ2n) is 6.19. The fourth-order valence-corrected chi connectivity index (χ4v) is 4.59. The molecule has 1 fully saturated rings. The zero-order valence-electron chi connectivity index (χ0n) is 13.3. The van der Waals surface area contributed by atoms with E-state index < -0.39 is 10.0 Å². The topological polar surface area (TPSA) is 49.4 Å². The normalized spacial score (nSPS) is 25.7. The molecule has 0 bridgehead atoms. The van der Waals surface area contributed by atoms with Crippen LogP contribution in [0.4, 0.5) is 0 Å². The molecule has 1 saturated heterocycles. The van der Waals surface area contributed by atoms with E-state index >= 15 is 0 Å². The molecule has 1 aromatic carbocycles. The summed E-state index contributed by atoms with van der Waals surface area (Å²) in [5.74, 6) is 0.430. The van der Waals surface area contributed by atoms with Gasteiger partial charge >= 0.3 is 0 Å². The number of rotatable bonds is 4. The molecule has 0 aliphatic carbocycles. The van der Waals surface area contributed by atoms with Crippen LogP contribution in [0.2, 0.25) is 0 Å². The van der Waals surface area contributed by atoms with Crippen LogP contribution >= 0.6 is 0 Å². The first-order valence-electron chi connectivity index (χ1n) is 7.65. The minimum absolute atomic E-state index is 0.0853. The zero-order valence-corrected chi connectivity index (χ0v) is 14.2. The molecule has 4 nitrogen and oxygen atoms in total. The van der Waals surface area contributed by atoms with Crippen LogP contribution in [0.1, 0.15) is 45.2 Å². The molecular formula is C16H26N2O2S. The van der Waals surface area contributed by atoms with Gasteiger partial charge in [0.1, 0.15) is 0 Å². The third kappa shape index (κ3) is 3.47. The standard InChI is InChI=1S/C16H26N2O2S/c1-12-5-6-13(2)18(11-12)21(19,20)16-9-7-15(8-10-16)14(3)17-4/h7-10,12-14,17H,5-6,11H2,1-4H3. The molecule has 1 aliphatic rings. The Morgan fingerprint density at radius 1 is 1.19 bits per heavy atom. The van der Waals surface area contributed by atoms with E-state index in [4.69, 9.17) is 0 Å². The highest BCUT2D eigenvalue weighted by Gasteiger charge is 2.33. The van der Waals surface area contributed by atoms with Crippen LogP contribution in [0.15, 0.2) is 29.2 Å². The highest BCUT2D eigenvalue weighted by molar-refractivity contribution is 7.89. The Kier molecular flexibility index (Phi) is 5.07. The third-order valence-corrected chi connectivity index (χ3v) is 6.47. The van der Waals surface area contributed by atoms with Gasteiger partial charge in [0.15, 0.2) is 0 Å². The van der Waals surface area contributed by atoms with Crippen molar-refractivity contribution in [2.75, 3.05) is 13.6 Å². The molecule has 1 heterocycles. The number of hydrogen-bond acceptors (Lipinski definition) is 3. The number of nitrogens with zero attached hydrogens (tertiary/aromatic N) is 1. The van der Waals surface area contributed by atoms with Gasteiger partial charge < -0.3 is 5.32 Å². The summed E-state index contributed by atoms with van der Waals surface area (Å²) in [5.41, 5.74) is 1.09. The largest absolute Gasteiger partial charge is 0.313 e. The van der Waals surface area contributed by atoms with Crippen LogP contribution in [0.3, 0.4) is 0 Å². The molecule has 1 aromatic rings. The second-order valence-corrected chi connectivity index (χ2v) is 8.08. The Balaban J connectivity index is 2.26. The molecule has 0 aromatic heterocycles. The quantitative estimate of drug-likeness (QED) is 0.930. The lowest BCUT2D eigenvalue weighted by Crippen LogP contribution is -2.44. The molecule has 3 unspecified atom stereocenters. The molecule has 0 amide bonds. The highest BCUT2D eigenvalue weighted by Crippen LogP contribution is 2.28. The fourth-order valence-electron chi connectivity index (χ4n) is 2.81. The van der Waals surface area contributed by atoms with E-state index in [-0.39, 0.29) is 12.1 Å². The zero-order chi connectivity index (χ0) is 15.6. The molecule has 2 rings (SSSR count). The number of piperidine rings is 1. The maximum Gasteiger partial charge on any atom is 0.243 e. The summed E-state index contributed by atoms with van der Waals surface area (Å²) in [4.78, 5) is 0.399. The smallest absolute Gasteiger partial charge is 0.243 e. The van der Waals surface area contributed by atoms with E-state index in [1.165, 1.54) is 0 Å². The lowest BCUT2D eigenvalue weighted by molar-refractivity contribution is 0.218. The Morgan fingerprint density at radius 2 is 1.81 bits per heavy atom. The molecule has 5 heteroatoms. The van der Waals surface area contributed by atoms with Gasteiger partial charge in [0, 0.05) is 18.6 Å². The Labute approximate surface area is 128 Å². The maximum absolute atomic E-state index is 12.8. The van der Waals surface area contributed by atoms with Gasteiger partial charge in [-0.05, 0) is 57.4 Å². The van der Waals surface area contributed by atoms with Crippen LogP contribution < -0.4 is 5.32 Å². The van der Waals surface area contributed by atoms with Crippen molar-refractivity contribution < 1.29 is 8.42 Å². The van der Waals surface area contributed by atoms with Crippen molar-refractivity contribution >= 4 is 10.0 Å². The van der Waals surface area contributed by atoms with Crippen molar-refractivity contribution in [1.29, 1.82) is 0 Å². The lowest BCUT2D eigenvalue weighted by Gasteiger charge is -2.35. The van der Waals surface area contributed by atoms with Crippen molar-refractivity contribution in [2.24, 2.45) is 5.92 Å². The van der Waals surface area contributed by atoms with Crippen LogP contribution in [-0.4, -0.2) is 32.4 Å². The molecule has 0 spiro atoms. The summed E-state index contributed by atoms with van der Waals surface area (Å²) >= 11 is 0. The van der Waals surface area contributed by atoms with Crippen LogP contribution in [0.25, 0.3) is 0 Å². The van der Waals surface area contributed by atoms with Gasteiger partial charge in [-0.25, -0.2) is 8.42 Å². The number of sulfonamides is 1. The molecule has 21 heavy (non-hydrogen) atoms. The van der Waals surface area contributed by atoms with Gasteiger partial charge in [-0.15, -0.1) is 0 Å². The SMILES string of the molecule is CNC(C)c1ccc(S(=O)(=O)N2CC(C)CCC2C)cc1. The highest BCUT2D eigenvalue weighted by atomic mass is 32.2. The summed E-state index contributed by atoms with van der Waals surface area (Å²) in [7, 11) is -1.49. The van der Waals surface area contributed by atoms with Gasteiger partial charge in [0.05, 0.1) is 4.90 Å². The number of hydrogen-bond donors (Lipinski definition) is 1. The van der Waals surface area contributed by atoms with Gasteiger partial charge in [0.2, 0.25) is 10.0 Å². The lowest BCUT2D eigenvalue weighted by atomic mass is 9.97. The Morgan fingerprint density at radius 3 is 2.38 bits per heavy atom. The summed E-state index contributed by atoms with van der Waals surface area (Å²) in [5, 5.41) is 3.16. The molecule has 1 N–H and O–H groups in total. The first-order chi connectivity index (χ1) is 9.86. The summed E-state index contributed by atoms with van der Waals surface area (Å²) in [6.45, 7) is 6.79. The van der Waals surface area contributed by atoms with E-state index in [2.05, 4.69) is 19.2 Å². The van der Waals surface area contributed by atoms with Crippen molar-refractivity contribution in [3.63, 3.8) is 0 Å². The van der Waals surface area contributed by atoms with Crippen molar-refractivity contribution in [2.45, 2.75) is 50.6 Å². The monoisotopic (exact) mass is 310 g/mol. The first kappa shape index (κ1) is 16.5. The Bertz CT molecular complexity index is 568. The maximum atomic E-state index is 12.8. The number of benzene rings is 1. The van der Waals surface area contributed by atoms with Gasteiger partial charge in [-0.2, -0.15) is 4.31 Å². The minimum Gasteiger partial charge on any atom is -0.313 e. The predicted molar refractivity (Wildman–Crippen MR) is 85.7 cm³/mol. The number of nitrogens with one attached hydrogen (secondary N) is 1. The van der Waals surface area contributed by atoms with Crippen molar-refractivity contribution in [3.05, 3.63) is 29.8 Å². The predicted octanol–water partition coefficient (Wildman–Crippen LogP) is 2.78. The summed E-state index contributed by atoms with van der Waals surface area (Å²) < 4.78 is 27.3. The van der Waals surface area contributed by atoms with Gasteiger partial charge in [-0.1, -0.05) is 19.1 Å². The van der Waals surface area contributed by atoms with E-state index in [1.54, 1.807) is 16.4 Å². The Hall–Kier alpha value is -0.910. The van der Waals surface area contributed by atoms with Crippen LogP contribution in [0, 0.1) is 5.92 Å². The van der Waals surface area contributed by atoms with Crippen molar-refractivity contribution in [1.82, 2.24) is 9.62 Å². The van der Waals surface area contributed by atoms with Crippen molar-refractivity contribution in [3.8, 4) is 0 Å². The second kappa shape index (κ2) is 6.46. The van der Waals surface area contributed by atoms with Gasteiger partial charge in [0.25, 0.3) is 0 Å². The summed E-state index contributed by atoms with van der Waals surface area (Å²) in [6.07, 6.45) is 2.04. The molecular weight excluding hydrogens is 284 g/mol.